The summed E-state index contributed by atoms with van der Waals surface area (Å²) in [5.41, 5.74) is 1.90. The molecular weight excluding hydrogens is 491 g/mol. The Morgan fingerprint density at radius 2 is 2.04 bits per heavy atom. The number of halogens is 2. The third-order valence-corrected chi connectivity index (χ3v) is 5.98. The number of hydrogen-bond acceptors (Lipinski definition) is 4. The van der Waals surface area contributed by atoms with Crippen LogP contribution in [0, 0.1) is 10.5 Å². The summed E-state index contributed by atoms with van der Waals surface area (Å²) in [5, 5.41) is 3.19. The van der Waals surface area contributed by atoms with Crippen molar-refractivity contribution in [2.45, 2.75) is 13.0 Å². The number of ether oxygens (including phenoxy) is 1. The fraction of sp³-hybridized carbons (Fsp3) is 0.235. The van der Waals surface area contributed by atoms with Crippen LogP contribution in [0.25, 0.3) is 0 Å². The second-order valence-corrected chi connectivity index (χ2v) is 9.55. The zero-order valence-electron chi connectivity index (χ0n) is 14.0. The molecule has 1 heterocycles. The monoisotopic (exact) mass is 506 g/mol. The van der Waals surface area contributed by atoms with Gasteiger partial charge in [0.25, 0.3) is 5.91 Å². The number of rotatable bonds is 3. The van der Waals surface area contributed by atoms with E-state index in [0.717, 1.165) is 19.7 Å². The Balaban J connectivity index is 1.89. The first-order chi connectivity index (χ1) is 12.1. The highest BCUT2D eigenvalue weighted by Crippen LogP contribution is 2.37. The highest BCUT2D eigenvalue weighted by atomic mass is 127. The van der Waals surface area contributed by atoms with Gasteiger partial charge >= 0.3 is 0 Å². The van der Waals surface area contributed by atoms with Gasteiger partial charge in [0.1, 0.15) is 5.75 Å². The first-order valence-corrected chi connectivity index (χ1v) is 11.0. The fourth-order valence-corrected chi connectivity index (χ4v) is 4.38. The van der Waals surface area contributed by atoms with Gasteiger partial charge in [0.2, 0.25) is 10.0 Å². The van der Waals surface area contributed by atoms with E-state index in [0.29, 0.717) is 22.1 Å². The molecule has 0 unspecified atom stereocenters. The Labute approximate surface area is 170 Å². The van der Waals surface area contributed by atoms with Crippen LogP contribution in [0.2, 0.25) is 5.02 Å². The van der Waals surface area contributed by atoms with Crippen LogP contribution in [-0.4, -0.2) is 33.2 Å². The van der Waals surface area contributed by atoms with Crippen LogP contribution in [0.1, 0.15) is 5.56 Å². The molecule has 3 rings (SSSR count). The van der Waals surface area contributed by atoms with E-state index in [1.54, 1.807) is 18.2 Å². The molecule has 0 saturated heterocycles. The molecule has 6 nitrogen and oxygen atoms in total. The van der Waals surface area contributed by atoms with E-state index in [1.807, 2.05) is 19.1 Å². The Kier molecular flexibility index (Phi) is 5.36. The summed E-state index contributed by atoms with van der Waals surface area (Å²) in [7, 11) is -3.60. The van der Waals surface area contributed by atoms with Gasteiger partial charge in [0.05, 0.1) is 18.5 Å². The van der Waals surface area contributed by atoms with Crippen molar-refractivity contribution in [3.63, 3.8) is 0 Å². The predicted octanol–water partition coefficient (Wildman–Crippen LogP) is 3.42. The topological polar surface area (TPSA) is 75.7 Å². The molecule has 0 aromatic heterocycles. The molecule has 0 radical (unpaired) electrons. The zero-order chi connectivity index (χ0) is 19.1. The molecule has 1 N–H and O–H groups in total. The van der Waals surface area contributed by atoms with Crippen LogP contribution >= 0.6 is 34.2 Å². The molecular formula is C17H16ClIN2O4S. The van der Waals surface area contributed by atoms with Crippen molar-refractivity contribution >= 4 is 61.5 Å². The van der Waals surface area contributed by atoms with E-state index in [-0.39, 0.29) is 6.54 Å². The minimum Gasteiger partial charge on any atom is -0.476 e. The lowest BCUT2D eigenvalue weighted by molar-refractivity contribution is -0.122. The van der Waals surface area contributed by atoms with Gasteiger partial charge in [-0.25, -0.2) is 8.42 Å². The smallest absolute Gasteiger partial charge is 0.267 e. The first-order valence-electron chi connectivity index (χ1n) is 7.66. The molecule has 0 spiro atoms. The van der Waals surface area contributed by atoms with Crippen LogP contribution in [0.4, 0.5) is 11.4 Å². The number of amides is 1. The average Bonchev–Trinajstić information content (AvgIpc) is 2.55. The molecule has 9 heteroatoms. The van der Waals surface area contributed by atoms with E-state index in [4.69, 9.17) is 16.3 Å². The molecule has 2 aromatic carbocycles. The van der Waals surface area contributed by atoms with Gasteiger partial charge in [-0.1, -0.05) is 11.6 Å². The first kappa shape index (κ1) is 19.2. The van der Waals surface area contributed by atoms with Crippen LogP contribution in [-0.2, 0) is 14.8 Å². The van der Waals surface area contributed by atoms with Gasteiger partial charge in [-0.3, -0.25) is 9.10 Å². The summed E-state index contributed by atoms with van der Waals surface area (Å²) >= 11 is 8.16. The van der Waals surface area contributed by atoms with Gasteiger partial charge < -0.3 is 10.1 Å². The fourth-order valence-electron chi connectivity index (χ4n) is 2.66. The molecule has 0 saturated carbocycles. The van der Waals surface area contributed by atoms with Crippen LogP contribution < -0.4 is 14.4 Å². The van der Waals surface area contributed by atoms with Gasteiger partial charge in [-0.15, -0.1) is 0 Å². The van der Waals surface area contributed by atoms with Gasteiger partial charge in [-0.2, -0.15) is 0 Å². The van der Waals surface area contributed by atoms with Crippen molar-refractivity contribution in [1.29, 1.82) is 0 Å². The van der Waals surface area contributed by atoms with Crippen molar-refractivity contribution in [1.82, 2.24) is 0 Å². The van der Waals surface area contributed by atoms with Crippen molar-refractivity contribution in [3.8, 4) is 5.75 Å². The molecule has 1 atom stereocenters. The summed E-state index contributed by atoms with van der Waals surface area (Å²) < 4.78 is 32.3. The highest BCUT2D eigenvalue weighted by Gasteiger charge is 2.35. The highest BCUT2D eigenvalue weighted by molar-refractivity contribution is 14.1. The molecule has 0 bridgehead atoms. The van der Waals surface area contributed by atoms with E-state index in [9.17, 15) is 13.2 Å². The minimum atomic E-state index is -3.60. The number of carbonyl (C=O) groups is 1. The summed E-state index contributed by atoms with van der Waals surface area (Å²) in [4.78, 5) is 12.7. The number of carbonyl (C=O) groups excluding carboxylic acids is 1. The van der Waals surface area contributed by atoms with E-state index in [1.165, 1.54) is 6.07 Å². The van der Waals surface area contributed by atoms with E-state index in [2.05, 4.69) is 27.9 Å². The second kappa shape index (κ2) is 7.24. The Bertz CT molecular complexity index is 981. The Morgan fingerprint density at radius 1 is 1.31 bits per heavy atom. The molecule has 1 amide bonds. The summed E-state index contributed by atoms with van der Waals surface area (Å²) in [6.45, 7) is 1.76. The molecule has 0 aliphatic carbocycles. The average molecular weight is 507 g/mol. The maximum atomic E-state index is 12.7. The molecule has 0 fully saturated rings. The van der Waals surface area contributed by atoms with E-state index < -0.39 is 22.0 Å². The Hall–Kier alpha value is -1.52. The number of nitrogens with one attached hydrogen (secondary N) is 1. The largest absolute Gasteiger partial charge is 0.476 e. The number of fused-ring (bicyclic) bond motifs is 1. The number of hydrogen-bond donors (Lipinski definition) is 1. The molecule has 1 aliphatic rings. The van der Waals surface area contributed by atoms with Gasteiger partial charge in [0.15, 0.2) is 6.10 Å². The third-order valence-electron chi connectivity index (χ3n) is 3.93. The lowest BCUT2D eigenvalue weighted by atomic mass is 10.2. The molecule has 1 aliphatic heterocycles. The van der Waals surface area contributed by atoms with Crippen molar-refractivity contribution in [3.05, 3.63) is 50.6 Å². The number of anilines is 2. The maximum Gasteiger partial charge on any atom is 0.267 e. The molecule has 26 heavy (non-hydrogen) atoms. The zero-order valence-corrected chi connectivity index (χ0v) is 17.7. The summed E-state index contributed by atoms with van der Waals surface area (Å²) in [6, 6.07) is 10.3. The van der Waals surface area contributed by atoms with Crippen molar-refractivity contribution in [2.75, 3.05) is 22.4 Å². The second-order valence-electron chi connectivity index (χ2n) is 5.96. The third kappa shape index (κ3) is 4.07. The quantitative estimate of drug-likeness (QED) is 0.648. The lowest BCUT2D eigenvalue weighted by Crippen LogP contribution is -2.48. The molecule has 2 aromatic rings. The normalized spacial score (nSPS) is 16.6. The van der Waals surface area contributed by atoms with Gasteiger partial charge in [0, 0.05) is 14.3 Å². The number of nitrogens with zero attached hydrogens (tertiary/aromatic N) is 1. The SMILES string of the molecule is Cc1cc(I)ccc1NC(=O)[C@@H]1CN(S(C)(=O)=O)c2cc(Cl)ccc2O1. The van der Waals surface area contributed by atoms with Gasteiger partial charge in [-0.05, 0) is 71.5 Å². The van der Waals surface area contributed by atoms with Crippen molar-refractivity contribution in [2.24, 2.45) is 0 Å². The standard InChI is InChI=1S/C17H16ClIN2O4S/c1-10-7-12(19)4-5-13(10)20-17(22)16-9-21(26(2,23)24)14-8-11(18)3-6-15(14)25-16/h3-8,16H,9H2,1-2H3,(H,20,22)/t16-/m0/s1. The summed E-state index contributed by atoms with van der Waals surface area (Å²) in [5.74, 6) is -0.117. The predicted molar refractivity (Wildman–Crippen MR) is 111 cm³/mol. The number of sulfonamides is 1. The molecule has 138 valence electrons. The van der Waals surface area contributed by atoms with Crippen LogP contribution in [0.3, 0.4) is 0 Å². The maximum absolute atomic E-state index is 12.7. The van der Waals surface area contributed by atoms with Crippen molar-refractivity contribution < 1.29 is 17.9 Å². The lowest BCUT2D eigenvalue weighted by Gasteiger charge is -2.34. The number of benzene rings is 2. The minimum absolute atomic E-state index is 0.124. The van der Waals surface area contributed by atoms with E-state index >= 15 is 0 Å². The van der Waals surface area contributed by atoms with Crippen LogP contribution in [0.15, 0.2) is 36.4 Å². The summed E-state index contributed by atoms with van der Waals surface area (Å²) in [6.07, 6.45) is 0.110. The number of aryl methyl sites for hydroxylation is 1. The Morgan fingerprint density at radius 3 is 2.69 bits per heavy atom. The van der Waals surface area contributed by atoms with Crippen LogP contribution in [0.5, 0.6) is 5.75 Å².